The van der Waals surface area contributed by atoms with E-state index in [1.54, 1.807) is 12.1 Å². The number of hydrazine groups is 1. The van der Waals surface area contributed by atoms with Crippen LogP contribution in [0.5, 0.6) is 5.75 Å². The Labute approximate surface area is 76.9 Å². The lowest BCUT2D eigenvalue weighted by atomic mass is 10.1. The molecule has 0 radical (unpaired) electrons. The molecule has 0 heterocycles. The molecule has 3 N–H and O–H groups in total. The van der Waals surface area contributed by atoms with Crippen LogP contribution in [-0.2, 0) is 6.54 Å². The zero-order valence-electron chi connectivity index (χ0n) is 7.37. The molecule has 1 aromatic carbocycles. The fraction of sp³-hybridized carbons (Fsp3) is 0.222. The minimum atomic E-state index is 0.523. The van der Waals surface area contributed by atoms with Crippen LogP contribution in [0.25, 0.3) is 0 Å². The number of hydrogen-bond donors (Lipinski definition) is 2. The third-order valence-electron chi connectivity index (χ3n) is 1.69. The van der Waals surface area contributed by atoms with Gasteiger partial charge in [-0.05, 0) is 17.7 Å². The lowest BCUT2D eigenvalue weighted by Crippen LogP contribution is -2.20. The number of nitriles is 1. The summed E-state index contributed by atoms with van der Waals surface area (Å²) < 4.78 is 5.00. The summed E-state index contributed by atoms with van der Waals surface area (Å²) in [6.45, 7) is 0.540. The van der Waals surface area contributed by atoms with Crippen LogP contribution in [0.1, 0.15) is 11.1 Å². The standard InChI is InChI=1S/C9H11N3O/c1-13-9-3-2-7(6-12-11)4-8(9)5-10/h2-4,12H,6,11H2,1H3. The lowest BCUT2D eigenvalue weighted by Gasteiger charge is -2.04. The highest BCUT2D eigenvalue weighted by Gasteiger charge is 2.02. The Morgan fingerprint density at radius 2 is 2.38 bits per heavy atom. The van der Waals surface area contributed by atoms with E-state index in [4.69, 9.17) is 15.8 Å². The van der Waals surface area contributed by atoms with E-state index in [1.807, 2.05) is 6.07 Å². The fourth-order valence-corrected chi connectivity index (χ4v) is 1.07. The summed E-state index contributed by atoms with van der Waals surface area (Å²) in [5.41, 5.74) is 4.00. The number of benzene rings is 1. The van der Waals surface area contributed by atoms with Crippen molar-refractivity contribution in [2.45, 2.75) is 6.54 Å². The number of nitrogens with one attached hydrogen (secondary N) is 1. The highest BCUT2D eigenvalue weighted by Crippen LogP contribution is 2.18. The van der Waals surface area contributed by atoms with Crippen LogP contribution in [0.15, 0.2) is 18.2 Å². The average Bonchev–Trinajstić information content (AvgIpc) is 2.18. The van der Waals surface area contributed by atoms with E-state index in [9.17, 15) is 0 Å². The number of methoxy groups -OCH3 is 1. The quantitative estimate of drug-likeness (QED) is 0.522. The SMILES string of the molecule is COc1ccc(CNN)cc1C#N. The molecule has 0 atom stereocenters. The predicted octanol–water partition coefficient (Wildman–Crippen LogP) is 0.530. The molecule has 4 heteroatoms. The lowest BCUT2D eigenvalue weighted by molar-refractivity contribution is 0.413. The van der Waals surface area contributed by atoms with Crippen LogP contribution < -0.4 is 16.0 Å². The Balaban J connectivity index is 3.00. The first-order chi connectivity index (χ1) is 6.31. The molecule has 0 amide bonds. The minimum Gasteiger partial charge on any atom is -0.495 e. The van der Waals surface area contributed by atoms with Crippen molar-refractivity contribution in [3.05, 3.63) is 29.3 Å². The fourth-order valence-electron chi connectivity index (χ4n) is 1.07. The van der Waals surface area contributed by atoms with Gasteiger partial charge in [0.1, 0.15) is 11.8 Å². The van der Waals surface area contributed by atoms with Gasteiger partial charge in [0.25, 0.3) is 0 Å². The molecule has 0 aliphatic rings. The number of rotatable bonds is 3. The Bertz CT molecular complexity index is 330. The summed E-state index contributed by atoms with van der Waals surface area (Å²) in [4.78, 5) is 0. The van der Waals surface area contributed by atoms with Gasteiger partial charge in [0.05, 0.1) is 12.7 Å². The molecular weight excluding hydrogens is 166 g/mol. The van der Waals surface area contributed by atoms with Crippen LogP contribution in [0.2, 0.25) is 0 Å². The zero-order chi connectivity index (χ0) is 9.68. The molecule has 1 rings (SSSR count). The Hall–Kier alpha value is -1.57. The predicted molar refractivity (Wildman–Crippen MR) is 48.7 cm³/mol. The third kappa shape index (κ3) is 2.18. The van der Waals surface area contributed by atoms with Gasteiger partial charge in [-0.2, -0.15) is 5.26 Å². The average molecular weight is 177 g/mol. The molecule has 4 nitrogen and oxygen atoms in total. The van der Waals surface area contributed by atoms with E-state index in [-0.39, 0.29) is 0 Å². The first-order valence-electron chi connectivity index (χ1n) is 3.82. The molecule has 0 aliphatic heterocycles. The number of hydrogen-bond acceptors (Lipinski definition) is 4. The second-order valence-corrected chi connectivity index (χ2v) is 2.53. The molecule has 0 spiro atoms. The van der Waals surface area contributed by atoms with E-state index in [2.05, 4.69) is 11.5 Å². The second kappa shape index (κ2) is 4.45. The molecule has 0 aliphatic carbocycles. The van der Waals surface area contributed by atoms with Crippen LogP contribution in [0.3, 0.4) is 0 Å². The van der Waals surface area contributed by atoms with Gasteiger partial charge in [-0.25, -0.2) is 0 Å². The van der Waals surface area contributed by atoms with Crippen LogP contribution in [-0.4, -0.2) is 7.11 Å². The van der Waals surface area contributed by atoms with Gasteiger partial charge in [0, 0.05) is 6.54 Å². The van der Waals surface area contributed by atoms with Crippen molar-refractivity contribution < 1.29 is 4.74 Å². The molecule has 0 unspecified atom stereocenters. The van der Waals surface area contributed by atoms with Gasteiger partial charge < -0.3 is 4.74 Å². The summed E-state index contributed by atoms with van der Waals surface area (Å²) in [6, 6.07) is 7.42. The second-order valence-electron chi connectivity index (χ2n) is 2.53. The van der Waals surface area contributed by atoms with Crippen LogP contribution >= 0.6 is 0 Å². The highest BCUT2D eigenvalue weighted by molar-refractivity contribution is 5.45. The maximum absolute atomic E-state index is 8.76. The minimum absolute atomic E-state index is 0.523. The van der Waals surface area contributed by atoms with Crippen molar-refractivity contribution in [1.29, 1.82) is 5.26 Å². The van der Waals surface area contributed by atoms with E-state index >= 15 is 0 Å². The van der Waals surface area contributed by atoms with Gasteiger partial charge in [-0.1, -0.05) is 6.07 Å². The first-order valence-corrected chi connectivity index (χ1v) is 3.82. The van der Waals surface area contributed by atoms with Crippen molar-refractivity contribution in [2.24, 2.45) is 5.84 Å². The van der Waals surface area contributed by atoms with Gasteiger partial charge in [-0.15, -0.1) is 0 Å². The normalized spacial score (nSPS) is 9.31. The summed E-state index contributed by atoms with van der Waals surface area (Å²) in [5, 5.41) is 8.76. The summed E-state index contributed by atoms with van der Waals surface area (Å²) in [5.74, 6) is 5.74. The molecular formula is C9H11N3O. The summed E-state index contributed by atoms with van der Waals surface area (Å²) in [7, 11) is 1.54. The van der Waals surface area contributed by atoms with Gasteiger partial charge in [0.2, 0.25) is 0 Å². The molecule has 0 bridgehead atoms. The van der Waals surface area contributed by atoms with E-state index in [1.165, 1.54) is 7.11 Å². The van der Waals surface area contributed by atoms with Crippen molar-refractivity contribution in [1.82, 2.24) is 5.43 Å². The van der Waals surface area contributed by atoms with Crippen LogP contribution in [0.4, 0.5) is 0 Å². The number of nitrogens with two attached hydrogens (primary N) is 1. The molecule has 0 saturated carbocycles. The smallest absolute Gasteiger partial charge is 0.136 e. The third-order valence-corrected chi connectivity index (χ3v) is 1.69. The number of ether oxygens (including phenoxy) is 1. The Kier molecular flexibility index (Phi) is 3.26. The van der Waals surface area contributed by atoms with E-state index in [0.29, 0.717) is 17.9 Å². The zero-order valence-corrected chi connectivity index (χ0v) is 7.37. The molecule has 1 aromatic rings. The number of nitrogens with zero attached hydrogens (tertiary/aromatic N) is 1. The van der Waals surface area contributed by atoms with E-state index < -0.39 is 0 Å². The Morgan fingerprint density at radius 3 is 2.92 bits per heavy atom. The van der Waals surface area contributed by atoms with Crippen molar-refractivity contribution in [3.8, 4) is 11.8 Å². The molecule has 0 aromatic heterocycles. The summed E-state index contributed by atoms with van der Waals surface area (Å²) >= 11 is 0. The Morgan fingerprint density at radius 1 is 1.62 bits per heavy atom. The monoisotopic (exact) mass is 177 g/mol. The largest absolute Gasteiger partial charge is 0.495 e. The van der Waals surface area contributed by atoms with Crippen molar-refractivity contribution >= 4 is 0 Å². The maximum atomic E-state index is 8.76. The molecule has 13 heavy (non-hydrogen) atoms. The maximum Gasteiger partial charge on any atom is 0.136 e. The first kappa shape index (κ1) is 9.52. The van der Waals surface area contributed by atoms with E-state index in [0.717, 1.165) is 5.56 Å². The van der Waals surface area contributed by atoms with Gasteiger partial charge in [-0.3, -0.25) is 11.3 Å². The van der Waals surface area contributed by atoms with Gasteiger partial charge >= 0.3 is 0 Å². The molecule has 0 fully saturated rings. The molecule has 0 saturated heterocycles. The van der Waals surface area contributed by atoms with Gasteiger partial charge in [0.15, 0.2) is 0 Å². The highest BCUT2D eigenvalue weighted by atomic mass is 16.5. The summed E-state index contributed by atoms with van der Waals surface area (Å²) in [6.07, 6.45) is 0. The van der Waals surface area contributed by atoms with Crippen LogP contribution in [0, 0.1) is 11.3 Å². The topological polar surface area (TPSA) is 71.1 Å². The van der Waals surface area contributed by atoms with Crippen molar-refractivity contribution in [3.63, 3.8) is 0 Å². The van der Waals surface area contributed by atoms with Crippen molar-refractivity contribution in [2.75, 3.05) is 7.11 Å². The molecule has 68 valence electrons.